The number of nitrogens with zero attached hydrogens (tertiary/aromatic N) is 2. The van der Waals surface area contributed by atoms with Crippen molar-refractivity contribution in [2.45, 2.75) is 25.4 Å². The second kappa shape index (κ2) is 8.69. The van der Waals surface area contributed by atoms with Crippen molar-refractivity contribution in [3.8, 4) is 5.75 Å². The summed E-state index contributed by atoms with van der Waals surface area (Å²) < 4.78 is 30.7. The summed E-state index contributed by atoms with van der Waals surface area (Å²) in [6.45, 7) is -1.60. The van der Waals surface area contributed by atoms with E-state index in [1.54, 1.807) is 34.4 Å². The number of piperidine rings is 1. The molecule has 0 radical (unpaired) electrons. The van der Waals surface area contributed by atoms with Gasteiger partial charge >= 0.3 is 6.61 Å². The Balaban J connectivity index is 1.37. The van der Waals surface area contributed by atoms with E-state index in [1.807, 2.05) is 18.2 Å². The zero-order valence-corrected chi connectivity index (χ0v) is 16.4. The molecule has 0 spiro atoms. The molecule has 2 heterocycles. The van der Waals surface area contributed by atoms with Crippen LogP contribution in [0.25, 0.3) is 16.3 Å². The van der Waals surface area contributed by atoms with Crippen molar-refractivity contribution in [1.82, 2.24) is 9.88 Å². The van der Waals surface area contributed by atoms with E-state index >= 15 is 0 Å². The normalized spacial score (nSPS) is 15.5. The maximum absolute atomic E-state index is 12.5. The molecule has 4 rings (SSSR count). The van der Waals surface area contributed by atoms with Crippen molar-refractivity contribution in [3.05, 3.63) is 65.2 Å². The number of para-hydroxylation sites is 2. The van der Waals surface area contributed by atoms with Crippen molar-refractivity contribution >= 4 is 33.5 Å². The minimum absolute atomic E-state index is 0.0566. The van der Waals surface area contributed by atoms with E-state index in [-0.39, 0.29) is 11.7 Å². The van der Waals surface area contributed by atoms with Gasteiger partial charge < -0.3 is 9.64 Å². The van der Waals surface area contributed by atoms with Crippen LogP contribution in [0.5, 0.6) is 5.75 Å². The highest BCUT2D eigenvalue weighted by Crippen LogP contribution is 2.34. The third kappa shape index (κ3) is 4.62. The highest BCUT2D eigenvalue weighted by Gasteiger charge is 2.25. The lowest BCUT2D eigenvalue weighted by Gasteiger charge is -2.30. The molecule has 0 unspecified atom stereocenters. The molecule has 1 saturated heterocycles. The predicted octanol–water partition coefficient (Wildman–Crippen LogP) is 5.32. The number of hydrogen-bond acceptors (Lipinski definition) is 4. The summed E-state index contributed by atoms with van der Waals surface area (Å²) in [5.74, 6) is 0.293. The molecule has 0 saturated carbocycles. The average molecular weight is 414 g/mol. The molecule has 0 N–H and O–H groups in total. The van der Waals surface area contributed by atoms with Gasteiger partial charge in [-0.15, -0.1) is 11.3 Å². The Morgan fingerprint density at radius 3 is 2.62 bits per heavy atom. The Morgan fingerprint density at radius 1 is 1.14 bits per heavy atom. The molecule has 1 fully saturated rings. The predicted molar refractivity (Wildman–Crippen MR) is 110 cm³/mol. The summed E-state index contributed by atoms with van der Waals surface area (Å²) in [5.41, 5.74) is 1.48. The van der Waals surface area contributed by atoms with E-state index in [1.165, 1.54) is 22.9 Å². The number of alkyl halides is 2. The Kier molecular flexibility index (Phi) is 5.85. The monoisotopic (exact) mass is 414 g/mol. The molecular weight excluding hydrogens is 394 g/mol. The lowest BCUT2D eigenvalue weighted by molar-refractivity contribution is -0.126. The zero-order chi connectivity index (χ0) is 20.2. The Morgan fingerprint density at radius 2 is 1.86 bits per heavy atom. The number of thiazole rings is 1. The fraction of sp³-hybridized carbons (Fsp3) is 0.273. The van der Waals surface area contributed by atoms with Crippen LogP contribution in [0.3, 0.4) is 0 Å². The SMILES string of the molecule is O=C(/C=C/c1ccccc1OC(F)F)N1CCC(c2nc3ccccc3s2)CC1. The molecule has 4 nitrogen and oxygen atoms in total. The number of rotatable bonds is 5. The van der Waals surface area contributed by atoms with Crippen LogP contribution in [0.1, 0.15) is 29.3 Å². The molecular formula is C22H20F2N2O2S. The number of aromatic nitrogens is 1. The lowest BCUT2D eigenvalue weighted by atomic mass is 9.97. The maximum atomic E-state index is 12.5. The number of likely N-dealkylation sites (tertiary alicyclic amines) is 1. The van der Waals surface area contributed by atoms with Gasteiger partial charge in [0.15, 0.2) is 0 Å². The molecule has 0 atom stereocenters. The van der Waals surface area contributed by atoms with Crippen LogP contribution < -0.4 is 4.74 Å². The van der Waals surface area contributed by atoms with Crippen LogP contribution in [0, 0.1) is 0 Å². The topological polar surface area (TPSA) is 42.4 Å². The first-order valence-electron chi connectivity index (χ1n) is 9.46. The molecule has 0 aliphatic carbocycles. The number of amides is 1. The summed E-state index contributed by atoms with van der Waals surface area (Å²) in [6.07, 6.45) is 4.68. The van der Waals surface area contributed by atoms with Gasteiger partial charge in [-0.2, -0.15) is 8.78 Å². The quantitative estimate of drug-likeness (QED) is 0.531. The number of benzene rings is 2. The van der Waals surface area contributed by atoms with Gasteiger partial charge in [-0.25, -0.2) is 4.98 Å². The maximum Gasteiger partial charge on any atom is 0.387 e. The number of carbonyl (C=O) groups is 1. The molecule has 1 amide bonds. The van der Waals surface area contributed by atoms with Gasteiger partial charge in [0, 0.05) is 30.6 Å². The molecule has 1 aliphatic rings. The van der Waals surface area contributed by atoms with E-state index in [0.29, 0.717) is 24.6 Å². The average Bonchev–Trinajstić information content (AvgIpc) is 3.17. The summed E-state index contributed by atoms with van der Waals surface area (Å²) in [5, 5.41) is 1.13. The Labute approximate surface area is 171 Å². The van der Waals surface area contributed by atoms with E-state index in [2.05, 4.69) is 10.8 Å². The molecule has 7 heteroatoms. The van der Waals surface area contributed by atoms with Crippen LogP contribution in [-0.4, -0.2) is 35.5 Å². The summed E-state index contributed by atoms with van der Waals surface area (Å²) >= 11 is 1.72. The van der Waals surface area contributed by atoms with E-state index < -0.39 is 6.61 Å². The van der Waals surface area contributed by atoms with E-state index in [9.17, 15) is 13.6 Å². The number of halogens is 2. The number of hydrogen-bond donors (Lipinski definition) is 0. The largest absolute Gasteiger partial charge is 0.434 e. The van der Waals surface area contributed by atoms with Gasteiger partial charge in [-0.3, -0.25) is 4.79 Å². The third-order valence-electron chi connectivity index (χ3n) is 5.01. The van der Waals surface area contributed by atoms with Gasteiger partial charge in [0.1, 0.15) is 5.75 Å². The molecule has 2 aromatic carbocycles. The Bertz CT molecular complexity index is 993. The zero-order valence-electron chi connectivity index (χ0n) is 15.6. The third-order valence-corrected chi connectivity index (χ3v) is 6.21. The Hall–Kier alpha value is -2.80. The van der Waals surface area contributed by atoms with Crippen LogP contribution in [0.15, 0.2) is 54.6 Å². The fourth-order valence-electron chi connectivity index (χ4n) is 3.50. The summed E-state index contributed by atoms with van der Waals surface area (Å²) in [6, 6.07) is 14.5. The highest BCUT2D eigenvalue weighted by molar-refractivity contribution is 7.18. The van der Waals surface area contributed by atoms with Gasteiger partial charge in [0.05, 0.1) is 15.2 Å². The van der Waals surface area contributed by atoms with Gasteiger partial charge in [0.2, 0.25) is 5.91 Å². The summed E-state index contributed by atoms with van der Waals surface area (Å²) in [7, 11) is 0. The van der Waals surface area contributed by atoms with E-state index in [0.717, 1.165) is 23.4 Å². The number of ether oxygens (including phenoxy) is 1. The van der Waals surface area contributed by atoms with Gasteiger partial charge in [-0.1, -0.05) is 30.3 Å². The van der Waals surface area contributed by atoms with E-state index in [4.69, 9.17) is 4.98 Å². The number of carbonyl (C=O) groups excluding carboxylic acids is 1. The second-order valence-corrected chi connectivity index (χ2v) is 7.93. The van der Waals surface area contributed by atoms with Crippen LogP contribution in [0.2, 0.25) is 0 Å². The second-order valence-electron chi connectivity index (χ2n) is 6.87. The van der Waals surface area contributed by atoms with Crippen LogP contribution in [0.4, 0.5) is 8.78 Å². The van der Waals surface area contributed by atoms with Crippen molar-refractivity contribution < 1.29 is 18.3 Å². The van der Waals surface area contributed by atoms with Crippen LogP contribution in [-0.2, 0) is 4.79 Å². The number of fused-ring (bicyclic) bond motifs is 1. The van der Waals surface area contributed by atoms with Crippen molar-refractivity contribution in [1.29, 1.82) is 0 Å². The first kappa shape index (κ1) is 19.5. The van der Waals surface area contributed by atoms with Crippen molar-refractivity contribution in [2.24, 2.45) is 0 Å². The first-order chi connectivity index (χ1) is 14.1. The van der Waals surface area contributed by atoms with Gasteiger partial charge in [0.25, 0.3) is 0 Å². The smallest absolute Gasteiger partial charge is 0.387 e. The lowest BCUT2D eigenvalue weighted by Crippen LogP contribution is -2.36. The molecule has 150 valence electrons. The fourth-order valence-corrected chi connectivity index (χ4v) is 4.64. The molecule has 3 aromatic rings. The minimum atomic E-state index is -2.90. The summed E-state index contributed by atoms with van der Waals surface area (Å²) in [4.78, 5) is 19.1. The molecule has 1 aliphatic heterocycles. The standard InChI is InChI=1S/C22H20F2N2O2S/c23-22(24)28-18-7-3-1-5-15(18)9-10-20(27)26-13-11-16(12-14-26)21-25-17-6-2-4-8-19(17)29-21/h1-10,16,22H,11-14H2/b10-9+. The van der Waals surface area contributed by atoms with Gasteiger partial charge in [-0.05, 0) is 37.1 Å². The highest BCUT2D eigenvalue weighted by atomic mass is 32.1. The van der Waals surface area contributed by atoms with Crippen molar-refractivity contribution in [2.75, 3.05) is 13.1 Å². The van der Waals surface area contributed by atoms with Crippen LogP contribution >= 0.6 is 11.3 Å². The molecule has 0 bridgehead atoms. The minimum Gasteiger partial charge on any atom is -0.434 e. The first-order valence-corrected chi connectivity index (χ1v) is 10.3. The molecule has 29 heavy (non-hydrogen) atoms. The molecule has 1 aromatic heterocycles. The van der Waals surface area contributed by atoms with Crippen molar-refractivity contribution in [3.63, 3.8) is 0 Å².